The molecule has 4 unspecified atom stereocenters. The molecule has 3 rings (SSSR count). The Labute approximate surface area is 159 Å². The molecule has 0 radical (unpaired) electrons. The van der Waals surface area contributed by atoms with Gasteiger partial charge in [0.15, 0.2) is 0 Å². The molecule has 0 aromatic heterocycles. The van der Waals surface area contributed by atoms with Gasteiger partial charge in [0.25, 0.3) is 0 Å². The number of carboxylic acid groups (broad SMARTS) is 1. The third-order valence-electron chi connectivity index (χ3n) is 5.30. The average molecular weight is 381 g/mol. The molecule has 2 aliphatic heterocycles. The first-order valence-corrected chi connectivity index (χ1v) is 11.5. The van der Waals surface area contributed by atoms with Crippen LogP contribution in [0.25, 0.3) is 0 Å². The van der Waals surface area contributed by atoms with E-state index in [-0.39, 0.29) is 0 Å². The van der Waals surface area contributed by atoms with Gasteiger partial charge in [-0.3, -0.25) is 4.79 Å². The summed E-state index contributed by atoms with van der Waals surface area (Å²) in [6.45, 7) is 0. The van der Waals surface area contributed by atoms with E-state index in [1.165, 1.54) is 35.7 Å². The molecule has 1 aromatic rings. The highest BCUT2D eigenvalue weighted by Gasteiger charge is 2.47. The Morgan fingerprint density at radius 3 is 2.60 bits per heavy atom. The fourth-order valence-corrected chi connectivity index (χ4v) is 6.26. The summed E-state index contributed by atoms with van der Waals surface area (Å²) in [6, 6.07) is 10.7. The molecule has 2 bridgehead atoms. The number of benzene rings is 1. The molecule has 25 heavy (non-hydrogen) atoms. The Bertz CT molecular complexity index is 537. The Hall–Kier alpha value is -0.650. The first kappa shape index (κ1) is 19.1. The van der Waals surface area contributed by atoms with Crippen LogP contribution in [0.2, 0.25) is 0 Å². The Morgan fingerprint density at radius 2 is 1.84 bits per heavy atom. The number of fused-ring (bicyclic) bond motifs is 2. The quantitative estimate of drug-likeness (QED) is 0.435. The summed E-state index contributed by atoms with van der Waals surface area (Å²) in [5.41, 5.74) is 0. The molecule has 0 spiro atoms. The van der Waals surface area contributed by atoms with E-state index in [0.717, 1.165) is 18.6 Å². The van der Waals surface area contributed by atoms with Gasteiger partial charge in [0, 0.05) is 17.1 Å². The molecule has 5 heteroatoms. The van der Waals surface area contributed by atoms with E-state index in [9.17, 15) is 4.79 Å². The van der Waals surface area contributed by atoms with E-state index in [2.05, 4.69) is 30.3 Å². The van der Waals surface area contributed by atoms with E-state index in [1.54, 1.807) is 0 Å². The number of ether oxygens (including phenoxy) is 1. The number of aliphatic carboxylic acids is 1. The predicted molar refractivity (Wildman–Crippen MR) is 105 cm³/mol. The van der Waals surface area contributed by atoms with Crippen molar-refractivity contribution < 1.29 is 14.6 Å². The molecule has 138 valence electrons. The highest BCUT2D eigenvalue weighted by Crippen LogP contribution is 2.47. The van der Waals surface area contributed by atoms with Gasteiger partial charge in [0.05, 0.1) is 12.2 Å². The normalized spacial score (nSPS) is 27.7. The molecular weight excluding hydrogens is 352 g/mol. The molecule has 2 fully saturated rings. The van der Waals surface area contributed by atoms with Crippen molar-refractivity contribution in [2.24, 2.45) is 11.8 Å². The minimum Gasteiger partial charge on any atom is -0.481 e. The maximum atomic E-state index is 10.5. The smallest absolute Gasteiger partial charge is 0.303 e. The topological polar surface area (TPSA) is 46.5 Å². The van der Waals surface area contributed by atoms with Crippen LogP contribution in [0.3, 0.4) is 0 Å². The van der Waals surface area contributed by atoms with Crippen molar-refractivity contribution in [3.8, 4) is 0 Å². The summed E-state index contributed by atoms with van der Waals surface area (Å²) in [5, 5.41) is 8.66. The van der Waals surface area contributed by atoms with Gasteiger partial charge >= 0.3 is 5.97 Å². The fraction of sp³-hybridized carbons (Fsp3) is 0.650. The molecule has 0 saturated carbocycles. The third kappa shape index (κ3) is 5.66. The van der Waals surface area contributed by atoms with Crippen molar-refractivity contribution in [1.29, 1.82) is 0 Å². The summed E-state index contributed by atoms with van der Waals surface area (Å²) < 4.78 is 6.22. The molecule has 2 aliphatic rings. The lowest BCUT2D eigenvalue weighted by Crippen LogP contribution is -2.29. The molecule has 1 N–H and O–H groups in total. The van der Waals surface area contributed by atoms with E-state index >= 15 is 0 Å². The van der Waals surface area contributed by atoms with Gasteiger partial charge in [0.1, 0.15) is 0 Å². The molecule has 0 amide bonds. The van der Waals surface area contributed by atoms with Crippen LogP contribution in [-0.2, 0) is 9.53 Å². The molecule has 4 atom stereocenters. The number of thioether (sulfide) groups is 2. The van der Waals surface area contributed by atoms with Crippen LogP contribution in [0.1, 0.15) is 38.5 Å². The van der Waals surface area contributed by atoms with Crippen LogP contribution in [0, 0.1) is 11.8 Å². The second-order valence-electron chi connectivity index (χ2n) is 6.99. The van der Waals surface area contributed by atoms with Crippen molar-refractivity contribution >= 4 is 29.5 Å². The van der Waals surface area contributed by atoms with Crippen molar-refractivity contribution in [3.63, 3.8) is 0 Å². The lowest BCUT2D eigenvalue weighted by Gasteiger charge is -2.27. The third-order valence-corrected chi connectivity index (χ3v) is 7.56. The molecule has 2 heterocycles. The number of unbranched alkanes of at least 4 members (excludes halogenated alkanes) is 1. The summed E-state index contributed by atoms with van der Waals surface area (Å²) in [5.74, 6) is 4.15. The van der Waals surface area contributed by atoms with E-state index in [1.807, 2.05) is 23.5 Å². The van der Waals surface area contributed by atoms with Crippen molar-refractivity contribution in [2.75, 3.05) is 17.3 Å². The minimum atomic E-state index is -0.678. The number of hydrogen-bond acceptors (Lipinski definition) is 4. The summed E-state index contributed by atoms with van der Waals surface area (Å²) in [4.78, 5) is 11.9. The van der Waals surface area contributed by atoms with E-state index in [4.69, 9.17) is 9.84 Å². The number of hydrogen-bond donors (Lipinski definition) is 1. The minimum absolute atomic E-state index is 0.305. The van der Waals surface area contributed by atoms with Gasteiger partial charge < -0.3 is 9.84 Å². The van der Waals surface area contributed by atoms with Crippen LogP contribution in [0.4, 0.5) is 0 Å². The van der Waals surface area contributed by atoms with Gasteiger partial charge in [-0.25, -0.2) is 0 Å². The van der Waals surface area contributed by atoms with Crippen LogP contribution in [-0.4, -0.2) is 40.5 Å². The zero-order chi connectivity index (χ0) is 17.5. The van der Waals surface area contributed by atoms with Crippen LogP contribution >= 0.6 is 23.5 Å². The van der Waals surface area contributed by atoms with Crippen molar-refractivity contribution in [2.45, 2.75) is 55.6 Å². The average Bonchev–Trinajstić information content (AvgIpc) is 3.21. The highest BCUT2D eigenvalue weighted by atomic mass is 32.2. The van der Waals surface area contributed by atoms with Crippen LogP contribution in [0.5, 0.6) is 0 Å². The molecule has 3 nitrogen and oxygen atoms in total. The molecule has 0 aliphatic carbocycles. The van der Waals surface area contributed by atoms with Gasteiger partial charge in [-0.2, -0.15) is 11.8 Å². The van der Waals surface area contributed by atoms with Crippen LogP contribution in [0.15, 0.2) is 35.2 Å². The highest BCUT2D eigenvalue weighted by molar-refractivity contribution is 7.99. The van der Waals surface area contributed by atoms with Gasteiger partial charge in [-0.15, -0.1) is 11.8 Å². The largest absolute Gasteiger partial charge is 0.481 e. The van der Waals surface area contributed by atoms with Gasteiger partial charge in [-0.1, -0.05) is 18.2 Å². The molecular formula is C20H28O3S2. The Balaban J connectivity index is 1.38. The van der Waals surface area contributed by atoms with Crippen molar-refractivity contribution in [3.05, 3.63) is 30.3 Å². The number of carboxylic acids is 1. The SMILES string of the molecule is O=C(O)CCCCSCCC1C2CCC(O2)C1CSc1ccccc1. The summed E-state index contributed by atoms with van der Waals surface area (Å²) >= 11 is 3.95. The first-order chi connectivity index (χ1) is 12.2. The molecule has 2 saturated heterocycles. The second kappa shape index (κ2) is 9.89. The van der Waals surface area contributed by atoms with E-state index in [0.29, 0.717) is 30.5 Å². The van der Waals surface area contributed by atoms with E-state index < -0.39 is 5.97 Å². The van der Waals surface area contributed by atoms with Gasteiger partial charge in [-0.05, 0) is 67.6 Å². The first-order valence-electron chi connectivity index (χ1n) is 9.37. The standard InChI is InChI=1S/C20H28O3S2/c21-20(22)8-4-5-12-24-13-11-16-17(19-10-9-18(16)23-19)14-25-15-6-2-1-3-7-15/h1-3,6-7,16-19H,4-5,8-14H2,(H,21,22). The lowest BCUT2D eigenvalue weighted by atomic mass is 9.79. The number of rotatable bonds is 11. The fourth-order valence-electron chi connectivity index (χ4n) is 4.01. The summed E-state index contributed by atoms with van der Waals surface area (Å²) in [7, 11) is 0. The lowest BCUT2D eigenvalue weighted by molar-refractivity contribution is -0.137. The summed E-state index contributed by atoms with van der Waals surface area (Å²) in [6.07, 6.45) is 6.80. The maximum Gasteiger partial charge on any atom is 0.303 e. The van der Waals surface area contributed by atoms with Crippen LogP contribution < -0.4 is 0 Å². The zero-order valence-corrected chi connectivity index (χ0v) is 16.3. The Kier molecular flexibility index (Phi) is 7.56. The number of carbonyl (C=O) groups is 1. The molecule has 1 aromatic carbocycles. The second-order valence-corrected chi connectivity index (χ2v) is 9.31. The van der Waals surface area contributed by atoms with Gasteiger partial charge in [0.2, 0.25) is 0 Å². The monoisotopic (exact) mass is 380 g/mol. The van der Waals surface area contributed by atoms with Crippen molar-refractivity contribution in [1.82, 2.24) is 0 Å². The maximum absolute atomic E-state index is 10.5. The predicted octanol–water partition coefficient (Wildman–Crippen LogP) is 4.95. The Morgan fingerprint density at radius 1 is 1.08 bits per heavy atom. The zero-order valence-electron chi connectivity index (χ0n) is 14.6.